The molecule has 1 fully saturated rings. The lowest BCUT2D eigenvalue weighted by Crippen LogP contribution is -2.46. The Hall–Kier alpha value is -0.120. The summed E-state index contributed by atoms with van der Waals surface area (Å²) >= 11 is 0. The van der Waals surface area contributed by atoms with Crippen molar-refractivity contribution in [1.82, 2.24) is 9.80 Å². The minimum Gasteiger partial charge on any atom is -0.393 e. The Balaban J connectivity index is 2.05. The van der Waals surface area contributed by atoms with Gasteiger partial charge < -0.3 is 14.9 Å². The van der Waals surface area contributed by atoms with Crippen LogP contribution < -0.4 is 0 Å². The first-order valence-electron chi connectivity index (χ1n) is 8.03. The van der Waals surface area contributed by atoms with E-state index in [2.05, 4.69) is 37.5 Å². The second-order valence-corrected chi connectivity index (χ2v) is 7.17. The number of likely N-dealkylation sites (N-methyl/N-ethyl adjacent to an activating group) is 1. The van der Waals surface area contributed by atoms with E-state index in [4.69, 9.17) is 0 Å². The van der Waals surface area contributed by atoms with Crippen molar-refractivity contribution in [3.8, 4) is 0 Å². The van der Waals surface area contributed by atoms with E-state index in [1.54, 1.807) is 0 Å². The van der Waals surface area contributed by atoms with Crippen LogP contribution in [0.3, 0.4) is 0 Å². The first-order chi connectivity index (χ1) is 8.90. The topological polar surface area (TPSA) is 26.7 Å². The van der Waals surface area contributed by atoms with Gasteiger partial charge >= 0.3 is 0 Å². The van der Waals surface area contributed by atoms with E-state index in [0.717, 1.165) is 25.8 Å². The Morgan fingerprint density at radius 1 is 1.00 bits per heavy atom. The van der Waals surface area contributed by atoms with Gasteiger partial charge in [-0.1, -0.05) is 34.1 Å². The van der Waals surface area contributed by atoms with Crippen LogP contribution in [0, 0.1) is 5.41 Å². The average molecular weight is 270 g/mol. The van der Waals surface area contributed by atoms with Crippen molar-refractivity contribution in [3.63, 3.8) is 0 Å². The van der Waals surface area contributed by atoms with Crippen LogP contribution in [0.4, 0.5) is 0 Å². The lowest BCUT2D eigenvalue weighted by Gasteiger charge is -2.34. The van der Waals surface area contributed by atoms with Crippen LogP contribution in [0.25, 0.3) is 0 Å². The number of hydrogen-bond donors (Lipinski definition) is 1. The maximum absolute atomic E-state index is 10.0. The summed E-state index contributed by atoms with van der Waals surface area (Å²) in [5.74, 6) is 0. The maximum atomic E-state index is 10.0. The fourth-order valence-electron chi connectivity index (χ4n) is 2.67. The molecule has 1 N–H and O–H groups in total. The van der Waals surface area contributed by atoms with Gasteiger partial charge in [0.15, 0.2) is 0 Å². The summed E-state index contributed by atoms with van der Waals surface area (Å²) in [6.07, 6.45) is 4.15. The molecule has 0 bridgehead atoms. The van der Waals surface area contributed by atoms with Crippen LogP contribution >= 0.6 is 0 Å². The highest BCUT2D eigenvalue weighted by Crippen LogP contribution is 2.22. The molecule has 0 unspecified atom stereocenters. The van der Waals surface area contributed by atoms with E-state index in [-0.39, 0.29) is 6.10 Å². The van der Waals surface area contributed by atoms with E-state index in [1.807, 2.05) is 0 Å². The summed E-state index contributed by atoms with van der Waals surface area (Å²) in [6.45, 7) is 16.0. The van der Waals surface area contributed by atoms with Crippen molar-refractivity contribution in [2.45, 2.75) is 59.5 Å². The highest BCUT2D eigenvalue weighted by molar-refractivity contribution is 4.72. The number of aliphatic hydroxyl groups is 1. The average Bonchev–Trinajstić information content (AvgIpc) is 2.35. The van der Waals surface area contributed by atoms with Gasteiger partial charge in [-0.2, -0.15) is 0 Å². The van der Waals surface area contributed by atoms with Crippen LogP contribution in [-0.4, -0.2) is 60.3 Å². The van der Waals surface area contributed by atoms with Crippen LogP contribution in [0.15, 0.2) is 0 Å². The third-order valence-corrected chi connectivity index (χ3v) is 4.15. The van der Waals surface area contributed by atoms with E-state index >= 15 is 0 Å². The van der Waals surface area contributed by atoms with Gasteiger partial charge in [-0.05, 0) is 31.2 Å². The van der Waals surface area contributed by atoms with Gasteiger partial charge in [0.1, 0.15) is 0 Å². The molecular formula is C16H34N2O. The number of piperazine rings is 1. The Kier molecular flexibility index (Phi) is 7.33. The molecule has 3 nitrogen and oxygen atoms in total. The van der Waals surface area contributed by atoms with Crippen molar-refractivity contribution >= 4 is 0 Å². The standard InChI is InChI=1S/C16H34N2O/c1-5-17-11-13-18(14-12-17)10-8-15(19)7-6-9-16(2,3)4/h15,19H,5-14H2,1-4H3/t15-/m0/s1. The quantitative estimate of drug-likeness (QED) is 0.770. The third-order valence-electron chi connectivity index (χ3n) is 4.15. The molecule has 0 amide bonds. The number of aliphatic hydroxyl groups excluding tert-OH is 1. The van der Waals surface area contributed by atoms with Gasteiger partial charge in [0.2, 0.25) is 0 Å². The summed E-state index contributed by atoms with van der Waals surface area (Å²) in [5.41, 5.74) is 0.399. The molecule has 0 aliphatic carbocycles. The second-order valence-electron chi connectivity index (χ2n) is 7.17. The van der Waals surface area contributed by atoms with Gasteiger partial charge in [-0.25, -0.2) is 0 Å². The zero-order chi connectivity index (χ0) is 14.3. The van der Waals surface area contributed by atoms with Crippen molar-refractivity contribution < 1.29 is 5.11 Å². The Morgan fingerprint density at radius 2 is 1.58 bits per heavy atom. The Labute approximate surface area is 120 Å². The van der Waals surface area contributed by atoms with Crippen molar-refractivity contribution in [2.75, 3.05) is 39.3 Å². The van der Waals surface area contributed by atoms with Gasteiger partial charge in [-0.15, -0.1) is 0 Å². The van der Waals surface area contributed by atoms with E-state index in [1.165, 1.54) is 39.1 Å². The molecule has 1 aliphatic heterocycles. The summed E-state index contributed by atoms with van der Waals surface area (Å²) in [6, 6.07) is 0. The van der Waals surface area contributed by atoms with Crippen molar-refractivity contribution in [1.29, 1.82) is 0 Å². The fraction of sp³-hybridized carbons (Fsp3) is 1.00. The van der Waals surface area contributed by atoms with Crippen molar-refractivity contribution in [2.24, 2.45) is 5.41 Å². The molecule has 0 saturated carbocycles. The van der Waals surface area contributed by atoms with Gasteiger partial charge in [0, 0.05) is 32.7 Å². The molecule has 0 aromatic rings. The normalized spacial score (nSPS) is 20.7. The van der Waals surface area contributed by atoms with Gasteiger partial charge in [-0.3, -0.25) is 0 Å². The summed E-state index contributed by atoms with van der Waals surface area (Å²) in [7, 11) is 0. The van der Waals surface area contributed by atoms with E-state index in [9.17, 15) is 5.11 Å². The zero-order valence-electron chi connectivity index (χ0n) is 13.5. The lowest BCUT2D eigenvalue weighted by atomic mass is 9.89. The first kappa shape index (κ1) is 16.9. The molecule has 114 valence electrons. The SMILES string of the molecule is CCN1CCN(CC[C@@H](O)CCCC(C)(C)C)CC1. The number of nitrogens with zero attached hydrogens (tertiary/aromatic N) is 2. The molecule has 1 saturated heterocycles. The molecule has 1 heterocycles. The van der Waals surface area contributed by atoms with Gasteiger partial charge in [0.05, 0.1) is 6.10 Å². The third kappa shape index (κ3) is 7.91. The minimum absolute atomic E-state index is 0.105. The van der Waals surface area contributed by atoms with Crippen LogP contribution in [-0.2, 0) is 0 Å². The van der Waals surface area contributed by atoms with E-state index < -0.39 is 0 Å². The lowest BCUT2D eigenvalue weighted by molar-refractivity contribution is 0.0981. The highest BCUT2D eigenvalue weighted by Gasteiger charge is 2.16. The summed E-state index contributed by atoms with van der Waals surface area (Å²) < 4.78 is 0. The monoisotopic (exact) mass is 270 g/mol. The van der Waals surface area contributed by atoms with E-state index in [0.29, 0.717) is 5.41 Å². The summed E-state index contributed by atoms with van der Waals surface area (Å²) in [5, 5.41) is 10.0. The van der Waals surface area contributed by atoms with Crippen LogP contribution in [0.1, 0.15) is 53.4 Å². The molecule has 1 rings (SSSR count). The molecule has 19 heavy (non-hydrogen) atoms. The highest BCUT2D eigenvalue weighted by atomic mass is 16.3. The summed E-state index contributed by atoms with van der Waals surface area (Å²) in [4.78, 5) is 5.00. The molecular weight excluding hydrogens is 236 g/mol. The van der Waals surface area contributed by atoms with Crippen molar-refractivity contribution in [3.05, 3.63) is 0 Å². The molecule has 1 atom stereocenters. The second kappa shape index (κ2) is 8.23. The minimum atomic E-state index is -0.105. The smallest absolute Gasteiger partial charge is 0.0552 e. The molecule has 0 radical (unpaired) electrons. The predicted molar refractivity (Wildman–Crippen MR) is 82.5 cm³/mol. The Bertz CT molecular complexity index is 229. The van der Waals surface area contributed by atoms with Crippen LogP contribution in [0.2, 0.25) is 0 Å². The van der Waals surface area contributed by atoms with Crippen LogP contribution in [0.5, 0.6) is 0 Å². The largest absolute Gasteiger partial charge is 0.393 e. The predicted octanol–water partition coefficient (Wildman–Crippen LogP) is 2.59. The Morgan fingerprint density at radius 3 is 2.11 bits per heavy atom. The molecule has 0 aromatic carbocycles. The fourth-order valence-corrected chi connectivity index (χ4v) is 2.67. The molecule has 0 aromatic heterocycles. The molecule has 0 spiro atoms. The number of hydrogen-bond acceptors (Lipinski definition) is 3. The maximum Gasteiger partial charge on any atom is 0.0552 e. The first-order valence-corrected chi connectivity index (χ1v) is 8.03. The zero-order valence-corrected chi connectivity index (χ0v) is 13.5. The van der Waals surface area contributed by atoms with Gasteiger partial charge in [0.25, 0.3) is 0 Å². The number of rotatable bonds is 7. The molecule has 1 aliphatic rings. The molecule has 3 heteroatoms.